The van der Waals surface area contributed by atoms with Crippen LogP contribution >= 0.6 is 0 Å². The van der Waals surface area contributed by atoms with E-state index in [4.69, 9.17) is 5.11 Å². The molecule has 80 valence electrons. The van der Waals surface area contributed by atoms with Gasteiger partial charge in [-0.2, -0.15) is 0 Å². The second kappa shape index (κ2) is 3.98. The van der Waals surface area contributed by atoms with Crippen LogP contribution in [0.5, 0.6) is 5.75 Å². The number of nitrogens with zero attached hydrogens (tertiary/aromatic N) is 2. The van der Waals surface area contributed by atoms with Crippen LogP contribution in [-0.2, 0) is 0 Å². The maximum Gasteiger partial charge on any atom is 0.340 e. The van der Waals surface area contributed by atoms with E-state index in [1.54, 1.807) is 18.2 Å². The lowest BCUT2D eigenvalue weighted by molar-refractivity contribution is 0.0694. The van der Waals surface area contributed by atoms with Gasteiger partial charge in [0.05, 0.1) is 0 Å². The van der Waals surface area contributed by atoms with Crippen LogP contribution in [0.3, 0.4) is 0 Å². The third kappa shape index (κ3) is 1.70. The first-order valence-corrected chi connectivity index (χ1v) is 4.53. The van der Waals surface area contributed by atoms with E-state index in [1.807, 2.05) is 0 Å². The van der Waals surface area contributed by atoms with Gasteiger partial charge in [-0.25, -0.2) is 14.8 Å². The summed E-state index contributed by atoms with van der Waals surface area (Å²) in [6, 6.07) is 6.05. The number of carboxylic acid groups (broad SMARTS) is 1. The van der Waals surface area contributed by atoms with Gasteiger partial charge in [0.25, 0.3) is 0 Å². The van der Waals surface area contributed by atoms with Gasteiger partial charge in [-0.15, -0.1) is 0 Å². The lowest BCUT2D eigenvalue weighted by atomic mass is 10.1. The average molecular weight is 216 g/mol. The molecule has 0 aliphatic carbocycles. The topological polar surface area (TPSA) is 83.3 Å². The number of benzene rings is 1. The smallest absolute Gasteiger partial charge is 0.340 e. The third-order valence-electron chi connectivity index (χ3n) is 2.06. The minimum Gasteiger partial charge on any atom is -0.507 e. The third-order valence-corrected chi connectivity index (χ3v) is 2.06. The molecular formula is C11H8N2O3. The van der Waals surface area contributed by atoms with Gasteiger partial charge in [-0.1, -0.05) is 12.1 Å². The van der Waals surface area contributed by atoms with E-state index in [2.05, 4.69) is 9.97 Å². The van der Waals surface area contributed by atoms with Gasteiger partial charge in [-0.05, 0) is 12.1 Å². The summed E-state index contributed by atoms with van der Waals surface area (Å²) in [5.41, 5.74) is 0.113. The zero-order valence-corrected chi connectivity index (χ0v) is 8.16. The van der Waals surface area contributed by atoms with E-state index >= 15 is 0 Å². The quantitative estimate of drug-likeness (QED) is 0.795. The minimum absolute atomic E-state index is 0.186. The van der Waals surface area contributed by atoms with Crippen molar-refractivity contribution in [3.63, 3.8) is 0 Å². The van der Waals surface area contributed by atoms with Crippen LogP contribution in [0.15, 0.2) is 36.7 Å². The van der Waals surface area contributed by atoms with Crippen molar-refractivity contribution < 1.29 is 15.0 Å². The molecule has 1 aromatic heterocycles. The number of hydrogen-bond acceptors (Lipinski definition) is 4. The van der Waals surface area contributed by atoms with Crippen LogP contribution in [0.4, 0.5) is 0 Å². The number of carboxylic acids is 1. The molecule has 0 fully saturated rings. The lowest BCUT2D eigenvalue weighted by Gasteiger charge is -2.05. The van der Waals surface area contributed by atoms with Crippen LogP contribution in [0, 0.1) is 0 Å². The molecule has 0 bridgehead atoms. The molecule has 1 aromatic carbocycles. The Hall–Kier alpha value is -2.43. The molecule has 0 aliphatic rings. The van der Waals surface area contributed by atoms with Crippen LogP contribution < -0.4 is 0 Å². The van der Waals surface area contributed by atoms with Gasteiger partial charge in [0.2, 0.25) is 0 Å². The molecule has 2 rings (SSSR count). The molecule has 5 nitrogen and oxygen atoms in total. The van der Waals surface area contributed by atoms with Gasteiger partial charge in [0.15, 0.2) is 5.82 Å². The van der Waals surface area contributed by atoms with Crippen molar-refractivity contribution in [2.45, 2.75) is 0 Å². The SMILES string of the molecule is O=C(O)c1c(O)cccc1-c1ncccn1. The summed E-state index contributed by atoms with van der Waals surface area (Å²) in [5, 5.41) is 18.5. The number of aromatic hydroxyl groups is 1. The maximum atomic E-state index is 11.0. The summed E-state index contributed by atoms with van der Waals surface area (Å²) in [6.07, 6.45) is 3.02. The molecule has 1 heterocycles. The highest BCUT2D eigenvalue weighted by Gasteiger charge is 2.17. The minimum atomic E-state index is -1.21. The predicted octanol–water partition coefficient (Wildman–Crippen LogP) is 1.55. The first kappa shape index (κ1) is 10.1. The fourth-order valence-corrected chi connectivity index (χ4v) is 1.39. The van der Waals surface area contributed by atoms with Gasteiger partial charge >= 0.3 is 5.97 Å². The Labute approximate surface area is 91.0 Å². The molecule has 0 saturated heterocycles. The van der Waals surface area contributed by atoms with Gasteiger partial charge in [0.1, 0.15) is 11.3 Å². The Morgan fingerprint density at radius 1 is 1.12 bits per heavy atom. The summed E-state index contributed by atoms with van der Waals surface area (Å²) >= 11 is 0. The lowest BCUT2D eigenvalue weighted by Crippen LogP contribution is -2.01. The second-order valence-corrected chi connectivity index (χ2v) is 3.08. The van der Waals surface area contributed by atoms with Gasteiger partial charge in [-0.3, -0.25) is 0 Å². The number of hydrogen-bond donors (Lipinski definition) is 2. The zero-order chi connectivity index (χ0) is 11.5. The van der Waals surface area contributed by atoms with Crippen LogP contribution in [0.1, 0.15) is 10.4 Å². The Balaban J connectivity index is 2.66. The molecule has 0 spiro atoms. The Bertz CT molecular complexity index is 526. The first-order valence-electron chi connectivity index (χ1n) is 4.53. The van der Waals surface area contributed by atoms with Crippen molar-refractivity contribution in [2.75, 3.05) is 0 Å². The largest absolute Gasteiger partial charge is 0.507 e. The fraction of sp³-hybridized carbons (Fsp3) is 0. The molecular weight excluding hydrogens is 208 g/mol. The summed E-state index contributed by atoms with van der Waals surface area (Å²) in [6.45, 7) is 0. The number of rotatable bonds is 2. The molecule has 2 N–H and O–H groups in total. The first-order chi connectivity index (χ1) is 7.70. The number of phenols is 1. The molecule has 0 atom stereocenters. The van der Waals surface area contributed by atoms with Crippen LogP contribution in [0.2, 0.25) is 0 Å². The monoisotopic (exact) mass is 216 g/mol. The van der Waals surface area contributed by atoms with Gasteiger partial charge < -0.3 is 10.2 Å². The molecule has 0 radical (unpaired) electrons. The highest BCUT2D eigenvalue weighted by molar-refractivity contribution is 5.97. The zero-order valence-electron chi connectivity index (χ0n) is 8.16. The fourth-order valence-electron chi connectivity index (χ4n) is 1.39. The molecule has 2 aromatic rings. The molecule has 0 amide bonds. The van der Waals surface area contributed by atoms with Crippen molar-refractivity contribution in [1.29, 1.82) is 0 Å². The van der Waals surface area contributed by atoms with Crippen molar-refractivity contribution in [3.8, 4) is 17.1 Å². The molecule has 5 heteroatoms. The Morgan fingerprint density at radius 2 is 1.81 bits per heavy atom. The van der Waals surface area contributed by atoms with E-state index < -0.39 is 5.97 Å². The average Bonchev–Trinajstić information content (AvgIpc) is 2.29. The highest BCUT2D eigenvalue weighted by atomic mass is 16.4. The molecule has 0 saturated carbocycles. The van der Waals surface area contributed by atoms with Crippen molar-refractivity contribution in [1.82, 2.24) is 9.97 Å². The number of aromatic nitrogens is 2. The summed E-state index contributed by atoms with van der Waals surface area (Å²) < 4.78 is 0. The molecule has 16 heavy (non-hydrogen) atoms. The van der Waals surface area contributed by atoms with E-state index in [-0.39, 0.29) is 17.1 Å². The van der Waals surface area contributed by atoms with Crippen LogP contribution in [0.25, 0.3) is 11.4 Å². The summed E-state index contributed by atoms with van der Waals surface area (Å²) in [4.78, 5) is 18.9. The molecule has 0 aliphatic heterocycles. The summed E-state index contributed by atoms with van der Waals surface area (Å²) in [7, 11) is 0. The maximum absolute atomic E-state index is 11.0. The van der Waals surface area contributed by atoms with E-state index in [1.165, 1.54) is 18.5 Å². The van der Waals surface area contributed by atoms with Crippen LogP contribution in [-0.4, -0.2) is 26.2 Å². The standard InChI is InChI=1S/C11H8N2O3/c14-8-4-1-3-7(9(8)11(15)16)10-12-5-2-6-13-10/h1-6,14H,(H,15,16). The predicted molar refractivity (Wildman–Crippen MR) is 56.1 cm³/mol. The van der Waals surface area contributed by atoms with Crippen molar-refractivity contribution >= 4 is 5.97 Å². The summed E-state index contributed by atoms with van der Waals surface area (Å²) in [5.74, 6) is -1.23. The molecule has 0 unspecified atom stereocenters. The Morgan fingerprint density at radius 3 is 2.44 bits per heavy atom. The Kier molecular flexibility index (Phi) is 2.51. The van der Waals surface area contributed by atoms with E-state index in [9.17, 15) is 9.90 Å². The van der Waals surface area contributed by atoms with E-state index in [0.29, 0.717) is 5.56 Å². The number of aromatic carboxylic acids is 1. The second-order valence-electron chi connectivity index (χ2n) is 3.08. The van der Waals surface area contributed by atoms with Crippen molar-refractivity contribution in [3.05, 3.63) is 42.2 Å². The number of carbonyl (C=O) groups is 1. The van der Waals surface area contributed by atoms with E-state index in [0.717, 1.165) is 0 Å². The highest BCUT2D eigenvalue weighted by Crippen LogP contribution is 2.27. The normalized spacial score (nSPS) is 10.0. The van der Waals surface area contributed by atoms with Gasteiger partial charge in [0, 0.05) is 18.0 Å². The van der Waals surface area contributed by atoms with Crippen molar-refractivity contribution in [2.24, 2.45) is 0 Å².